The first-order valence-corrected chi connectivity index (χ1v) is 5.74. The van der Waals surface area contributed by atoms with Gasteiger partial charge in [-0.2, -0.15) is 5.10 Å². The number of amides is 1. The molecule has 1 amide bonds. The molecule has 2 aromatic heterocycles. The topological polar surface area (TPSA) is 59.8 Å². The molecule has 0 aliphatic carbocycles. The molecule has 2 heterocycles. The second-order valence-corrected chi connectivity index (χ2v) is 4.22. The van der Waals surface area contributed by atoms with E-state index in [-0.39, 0.29) is 5.91 Å². The Bertz CT molecular complexity index is 627. The number of hydrogen-bond donors (Lipinski definition) is 1. The van der Waals surface area contributed by atoms with Gasteiger partial charge >= 0.3 is 0 Å². The summed E-state index contributed by atoms with van der Waals surface area (Å²) in [6.07, 6.45) is 1.65. The van der Waals surface area contributed by atoms with Gasteiger partial charge in [0.1, 0.15) is 0 Å². The molecule has 94 valence electrons. The lowest BCUT2D eigenvalue weighted by atomic mass is 10.1. The van der Waals surface area contributed by atoms with Gasteiger partial charge in [-0.15, -0.1) is 6.58 Å². The minimum atomic E-state index is -0.124. The molecule has 5 nitrogen and oxygen atoms in total. The van der Waals surface area contributed by atoms with Gasteiger partial charge in [0, 0.05) is 19.3 Å². The molecule has 0 radical (unpaired) electrons. The van der Waals surface area contributed by atoms with E-state index in [0.29, 0.717) is 12.1 Å². The maximum atomic E-state index is 12.1. The fraction of sp³-hybridized carbons (Fsp3) is 0.308. The van der Waals surface area contributed by atoms with Crippen LogP contribution in [0, 0.1) is 13.8 Å². The molecular formula is C13H16N4O. The number of carbonyl (C=O) groups is 1. The van der Waals surface area contributed by atoms with Crippen molar-refractivity contribution in [2.24, 2.45) is 7.05 Å². The Balaban J connectivity index is 2.62. The van der Waals surface area contributed by atoms with Gasteiger partial charge < -0.3 is 5.32 Å². The lowest BCUT2D eigenvalue weighted by molar-refractivity contribution is 0.0959. The van der Waals surface area contributed by atoms with Crippen LogP contribution in [-0.2, 0) is 7.05 Å². The molecule has 18 heavy (non-hydrogen) atoms. The highest BCUT2D eigenvalue weighted by Crippen LogP contribution is 2.21. The fourth-order valence-electron chi connectivity index (χ4n) is 2.01. The number of rotatable bonds is 3. The highest BCUT2D eigenvalue weighted by atomic mass is 16.1. The molecule has 0 spiro atoms. The second kappa shape index (κ2) is 4.60. The van der Waals surface area contributed by atoms with Crippen molar-refractivity contribution in [2.75, 3.05) is 6.54 Å². The van der Waals surface area contributed by atoms with Gasteiger partial charge in [-0.3, -0.25) is 9.48 Å². The normalized spacial score (nSPS) is 10.6. The Morgan fingerprint density at radius 1 is 1.56 bits per heavy atom. The van der Waals surface area contributed by atoms with Crippen molar-refractivity contribution in [3.8, 4) is 0 Å². The van der Waals surface area contributed by atoms with Crippen molar-refractivity contribution < 1.29 is 4.79 Å². The van der Waals surface area contributed by atoms with E-state index in [1.54, 1.807) is 16.8 Å². The van der Waals surface area contributed by atoms with Crippen LogP contribution in [0.3, 0.4) is 0 Å². The molecule has 0 saturated carbocycles. The second-order valence-electron chi connectivity index (χ2n) is 4.22. The van der Waals surface area contributed by atoms with Crippen molar-refractivity contribution in [1.82, 2.24) is 20.1 Å². The van der Waals surface area contributed by atoms with Crippen molar-refractivity contribution in [2.45, 2.75) is 13.8 Å². The fourth-order valence-corrected chi connectivity index (χ4v) is 2.01. The van der Waals surface area contributed by atoms with E-state index < -0.39 is 0 Å². The van der Waals surface area contributed by atoms with E-state index in [1.807, 2.05) is 20.9 Å². The van der Waals surface area contributed by atoms with Crippen LogP contribution in [0.5, 0.6) is 0 Å². The first kappa shape index (κ1) is 12.3. The van der Waals surface area contributed by atoms with E-state index >= 15 is 0 Å². The molecule has 0 unspecified atom stereocenters. The van der Waals surface area contributed by atoms with Crippen molar-refractivity contribution in [1.29, 1.82) is 0 Å². The zero-order valence-electron chi connectivity index (χ0n) is 10.8. The summed E-state index contributed by atoms with van der Waals surface area (Å²) in [5.41, 5.74) is 2.96. The molecule has 0 aliphatic rings. The highest BCUT2D eigenvalue weighted by Gasteiger charge is 2.16. The van der Waals surface area contributed by atoms with Gasteiger partial charge in [0.25, 0.3) is 5.91 Å². The van der Waals surface area contributed by atoms with Crippen molar-refractivity contribution in [3.63, 3.8) is 0 Å². The summed E-state index contributed by atoms with van der Waals surface area (Å²) in [5.74, 6) is -0.124. The van der Waals surface area contributed by atoms with E-state index in [9.17, 15) is 4.79 Å². The van der Waals surface area contributed by atoms with E-state index in [4.69, 9.17) is 0 Å². The van der Waals surface area contributed by atoms with Gasteiger partial charge in [-0.05, 0) is 19.9 Å². The third-order valence-corrected chi connectivity index (χ3v) is 2.75. The SMILES string of the molecule is C=CCNC(=O)c1cc(C)nc2c1c(C)nn2C. The summed E-state index contributed by atoms with van der Waals surface area (Å²) in [4.78, 5) is 16.5. The highest BCUT2D eigenvalue weighted by molar-refractivity contribution is 6.06. The number of pyridine rings is 1. The summed E-state index contributed by atoms with van der Waals surface area (Å²) in [5, 5.41) is 7.90. The number of hydrogen-bond acceptors (Lipinski definition) is 3. The summed E-state index contributed by atoms with van der Waals surface area (Å²) in [6, 6.07) is 1.79. The lowest BCUT2D eigenvalue weighted by Gasteiger charge is -2.05. The van der Waals surface area contributed by atoms with Gasteiger partial charge in [-0.25, -0.2) is 4.98 Å². The summed E-state index contributed by atoms with van der Waals surface area (Å²) in [6.45, 7) is 7.78. The molecule has 0 fully saturated rings. The zero-order chi connectivity index (χ0) is 13.3. The third kappa shape index (κ3) is 1.99. The smallest absolute Gasteiger partial charge is 0.252 e. The van der Waals surface area contributed by atoms with E-state index in [2.05, 4.69) is 22.0 Å². The first-order valence-electron chi connectivity index (χ1n) is 5.74. The summed E-state index contributed by atoms with van der Waals surface area (Å²) >= 11 is 0. The molecule has 0 aromatic carbocycles. The minimum Gasteiger partial charge on any atom is -0.349 e. The van der Waals surface area contributed by atoms with Crippen LogP contribution in [0.15, 0.2) is 18.7 Å². The van der Waals surface area contributed by atoms with E-state index in [1.165, 1.54) is 0 Å². The molecular weight excluding hydrogens is 228 g/mol. The monoisotopic (exact) mass is 244 g/mol. The van der Waals surface area contributed by atoms with Gasteiger partial charge in [0.05, 0.1) is 16.6 Å². The summed E-state index contributed by atoms with van der Waals surface area (Å²) < 4.78 is 1.70. The number of carbonyl (C=O) groups excluding carboxylic acids is 1. The van der Waals surface area contributed by atoms with Crippen LogP contribution < -0.4 is 5.32 Å². The molecule has 1 N–H and O–H groups in total. The van der Waals surface area contributed by atoms with Crippen LogP contribution >= 0.6 is 0 Å². The van der Waals surface area contributed by atoms with Crippen LogP contribution in [0.25, 0.3) is 11.0 Å². The van der Waals surface area contributed by atoms with Gasteiger partial charge in [0.15, 0.2) is 5.65 Å². The Hall–Kier alpha value is -2.17. The van der Waals surface area contributed by atoms with Crippen molar-refractivity contribution >= 4 is 16.9 Å². The molecule has 0 atom stereocenters. The molecule has 0 bridgehead atoms. The molecule has 5 heteroatoms. The average Bonchev–Trinajstić information content (AvgIpc) is 2.61. The van der Waals surface area contributed by atoms with Gasteiger partial charge in [0.2, 0.25) is 0 Å². The van der Waals surface area contributed by atoms with Crippen LogP contribution in [0.2, 0.25) is 0 Å². The van der Waals surface area contributed by atoms with Crippen molar-refractivity contribution in [3.05, 3.63) is 35.7 Å². The number of nitrogens with one attached hydrogen (secondary N) is 1. The summed E-state index contributed by atoms with van der Waals surface area (Å²) in [7, 11) is 1.83. The number of aryl methyl sites for hydroxylation is 3. The Morgan fingerprint density at radius 3 is 2.94 bits per heavy atom. The zero-order valence-corrected chi connectivity index (χ0v) is 10.8. The minimum absolute atomic E-state index is 0.124. The third-order valence-electron chi connectivity index (χ3n) is 2.75. The predicted octanol–water partition coefficient (Wildman–Crippen LogP) is 1.50. The predicted molar refractivity (Wildman–Crippen MR) is 70.5 cm³/mol. The number of nitrogens with zero attached hydrogens (tertiary/aromatic N) is 3. The number of aromatic nitrogens is 3. The van der Waals surface area contributed by atoms with Crippen LogP contribution in [-0.4, -0.2) is 27.2 Å². The van der Waals surface area contributed by atoms with Crippen LogP contribution in [0.1, 0.15) is 21.7 Å². The molecule has 2 aromatic rings. The lowest BCUT2D eigenvalue weighted by Crippen LogP contribution is -2.23. The van der Waals surface area contributed by atoms with E-state index in [0.717, 1.165) is 22.4 Å². The molecule has 0 saturated heterocycles. The van der Waals surface area contributed by atoms with Crippen LogP contribution in [0.4, 0.5) is 0 Å². The molecule has 0 aliphatic heterocycles. The Kier molecular flexibility index (Phi) is 3.14. The largest absolute Gasteiger partial charge is 0.349 e. The quantitative estimate of drug-likeness (QED) is 0.832. The average molecular weight is 244 g/mol. The maximum absolute atomic E-state index is 12.1. The maximum Gasteiger partial charge on any atom is 0.252 e. The first-order chi connectivity index (χ1) is 8.54. The van der Waals surface area contributed by atoms with Gasteiger partial charge in [-0.1, -0.05) is 6.08 Å². The standard InChI is InChI=1S/C13H16N4O/c1-5-6-14-13(18)10-7-8(2)15-12-11(10)9(3)16-17(12)4/h5,7H,1,6H2,2-4H3,(H,14,18). The Labute approximate surface area is 106 Å². The molecule has 2 rings (SSSR count). The Morgan fingerprint density at radius 2 is 2.28 bits per heavy atom. The number of fused-ring (bicyclic) bond motifs is 1.